The van der Waals surface area contributed by atoms with E-state index in [0.29, 0.717) is 11.3 Å². The van der Waals surface area contributed by atoms with Gasteiger partial charge in [0, 0.05) is 17.1 Å². The molecule has 0 aliphatic carbocycles. The number of anilines is 1. The maximum absolute atomic E-state index is 11.3. The van der Waals surface area contributed by atoms with Crippen LogP contribution >= 0.6 is 28.1 Å². The zero-order valence-electron chi connectivity index (χ0n) is 8.32. The molecule has 0 fully saturated rings. The largest absolute Gasteiger partial charge is 0.389 e. The molecule has 16 heavy (non-hydrogen) atoms. The summed E-state index contributed by atoms with van der Waals surface area (Å²) in [6, 6.07) is 4.92. The lowest BCUT2D eigenvalue weighted by atomic mass is 10.2. The highest BCUT2D eigenvalue weighted by atomic mass is 79.9. The molecule has 0 spiro atoms. The summed E-state index contributed by atoms with van der Waals surface area (Å²) in [5.74, 6) is 0. The van der Waals surface area contributed by atoms with Crippen LogP contribution in [0.15, 0.2) is 22.7 Å². The second-order valence-corrected chi connectivity index (χ2v) is 5.84. The molecule has 0 radical (unpaired) electrons. The summed E-state index contributed by atoms with van der Waals surface area (Å²) in [6.07, 6.45) is 0. The van der Waals surface area contributed by atoms with Gasteiger partial charge in [-0.3, -0.25) is 4.72 Å². The maximum Gasteiger partial charge on any atom is 0.298 e. The van der Waals surface area contributed by atoms with Crippen molar-refractivity contribution < 1.29 is 8.42 Å². The van der Waals surface area contributed by atoms with Crippen molar-refractivity contribution in [2.75, 3.05) is 11.8 Å². The molecule has 4 N–H and O–H groups in total. The van der Waals surface area contributed by atoms with Crippen molar-refractivity contribution in [3.8, 4) is 0 Å². The molecular weight excluding hydrogens is 314 g/mol. The minimum Gasteiger partial charge on any atom is -0.389 e. The van der Waals surface area contributed by atoms with Crippen molar-refractivity contribution in [1.29, 1.82) is 0 Å². The minimum atomic E-state index is -3.57. The van der Waals surface area contributed by atoms with Crippen LogP contribution in [-0.4, -0.2) is 20.5 Å². The van der Waals surface area contributed by atoms with Gasteiger partial charge in [0.25, 0.3) is 10.2 Å². The average Bonchev–Trinajstić information content (AvgIpc) is 2.20. The Labute approximate surface area is 108 Å². The van der Waals surface area contributed by atoms with Gasteiger partial charge in [0.15, 0.2) is 0 Å². The molecule has 0 bridgehead atoms. The van der Waals surface area contributed by atoms with Crippen molar-refractivity contribution in [2.24, 2.45) is 5.73 Å². The molecule has 0 saturated heterocycles. The first kappa shape index (κ1) is 13.4. The van der Waals surface area contributed by atoms with E-state index in [9.17, 15) is 8.42 Å². The van der Waals surface area contributed by atoms with E-state index in [1.54, 1.807) is 18.2 Å². The Bertz CT molecular complexity index is 516. The monoisotopic (exact) mass is 323 g/mol. The number of thiocarbonyl (C=S) groups is 1. The quantitative estimate of drug-likeness (QED) is 0.720. The van der Waals surface area contributed by atoms with E-state index in [1.807, 2.05) is 0 Å². The van der Waals surface area contributed by atoms with Gasteiger partial charge in [0.05, 0.1) is 5.69 Å². The Kier molecular flexibility index (Phi) is 4.25. The predicted octanol–water partition coefficient (Wildman–Crippen LogP) is 0.959. The molecule has 5 nitrogen and oxygen atoms in total. The third-order valence-corrected chi connectivity index (χ3v) is 3.50. The first-order chi connectivity index (χ1) is 7.35. The van der Waals surface area contributed by atoms with E-state index in [-0.39, 0.29) is 4.99 Å². The van der Waals surface area contributed by atoms with E-state index in [4.69, 9.17) is 18.0 Å². The number of rotatable bonds is 4. The second-order valence-electron chi connectivity index (χ2n) is 2.86. The third-order valence-electron chi connectivity index (χ3n) is 1.76. The molecule has 0 heterocycles. The summed E-state index contributed by atoms with van der Waals surface area (Å²) in [5, 5.41) is 0. The van der Waals surface area contributed by atoms with E-state index >= 15 is 0 Å². The van der Waals surface area contributed by atoms with Crippen LogP contribution in [0, 0.1) is 0 Å². The molecule has 0 aliphatic rings. The molecule has 0 unspecified atom stereocenters. The molecule has 0 saturated carbocycles. The molecule has 0 amide bonds. The lowest BCUT2D eigenvalue weighted by Gasteiger charge is -2.11. The summed E-state index contributed by atoms with van der Waals surface area (Å²) in [6.45, 7) is 0. The Morgan fingerprint density at radius 2 is 2.12 bits per heavy atom. The van der Waals surface area contributed by atoms with Gasteiger partial charge in [0.1, 0.15) is 4.99 Å². The molecule has 8 heteroatoms. The summed E-state index contributed by atoms with van der Waals surface area (Å²) in [5.41, 5.74) is 6.30. The summed E-state index contributed by atoms with van der Waals surface area (Å²) < 4.78 is 27.8. The van der Waals surface area contributed by atoms with Crippen LogP contribution in [0.2, 0.25) is 0 Å². The fourth-order valence-electron chi connectivity index (χ4n) is 1.01. The minimum absolute atomic E-state index is 0.120. The van der Waals surface area contributed by atoms with Crippen LogP contribution in [-0.2, 0) is 10.2 Å². The van der Waals surface area contributed by atoms with Crippen molar-refractivity contribution in [2.45, 2.75) is 0 Å². The first-order valence-electron chi connectivity index (χ1n) is 4.16. The number of halogens is 1. The highest BCUT2D eigenvalue weighted by molar-refractivity contribution is 9.10. The van der Waals surface area contributed by atoms with Crippen LogP contribution in [0.5, 0.6) is 0 Å². The standard InChI is InChI=1S/C8H10BrN3O2S2/c1-11-16(13,14)12-7-3-2-5(9)4-6(7)8(10)15/h2-4,11-12H,1H3,(H2,10,15). The van der Waals surface area contributed by atoms with Crippen molar-refractivity contribution in [1.82, 2.24) is 4.72 Å². The molecule has 88 valence electrons. The number of nitrogens with two attached hydrogens (primary N) is 1. The van der Waals surface area contributed by atoms with Gasteiger partial charge in [-0.1, -0.05) is 28.1 Å². The lowest BCUT2D eigenvalue weighted by Crippen LogP contribution is -2.27. The van der Waals surface area contributed by atoms with Crippen molar-refractivity contribution in [3.05, 3.63) is 28.2 Å². The van der Waals surface area contributed by atoms with E-state index in [0.717, 1.165) is 4.47 Å². The molecular formula is C8H10BrN3O2S2. The second kappa shape index (κ2) is 5.09. The molecule has 1 rings (SSSR count). The number of nitrogens with one attached hydrogen (secondary N) is 2. The zero-order chi connectivity index (χ0) is 12.3. The van der Waals surface area contributed by atoms with Gasteiger partial charge in [-0.05, 0) is 18.2 Å². The van der Waals surface area contributed by atoms with Crippen LogP contribution in [0.1, 0.15) is 5.56 Å². The van der Waals surface area contributed by atoms with Crippen molar-refractivity contribution in [3.63, 3.8) is 0 Å². The number of hydrogen-bond acceptors (Lipinski definition) is 3. The van der Waals surface area contributed by atoms with Gasteiger partial charge in [-0.2, -0.15) is 8.42 Å². The zero-order valence-corrected chi connectivity index (χ0v) is 11.5. The SMILES string of the molecule is CNS(=O)(=O)Nc1ccc(Br)cc1C(N)=S. The molecule has 1 aromatic carbocycles. The highest BCUT2D eigenvalue weighted by Gasteiger charge is 2.11. The van der Waals surface area contributed by atoms with Gasteiger partial charge in [-0.25, -0.2) is 4.72 Å². The maximum atomic E-state index is 11.3. The molecule has 0 aliphatic heterocycles. The van der Waals surface area contributed by atoms with Gasteiger partial charge >= 0.3 is 0 Å². The highest BCUT2D eigenvalue weighted by Crippen LogP contribution is 2.21. The van der Waals surface area contributed by atoms with Crippen LogP contribution in [0.25, 0.3) is 0 Å². The first-order valence-corrected chi connectivity index (χ1v) is 6.85. The topological polar surface area (TPSA) is 84.2 Å². The smallest absolute Gasteiger partial charge is 0.298 e. The van der Waals surface area contributed by atoms with E-state index in [2.05, 4.69) is 25.4 Å². The van der Waals surface area contributed by atoms with Gasteiger partial charge in [0.2, 0.25) is 0 Å². The predicted molar refractivity (Wildman–Crippen MR) is 71.6 cm³/mol. The Balaban J connectivity index is 3.19. The normalized spacial score (nSPS) is 11.1. The van der Waals surface area contributed by atoms with Crippen molar-refractivity contribution >= 4 is 49.0 Å². The fourth-order valence-corrected chi connectivity index (χ4v) is 2.10. The molecule has 0 aromatic heterocycles. The lowest BCUT2D eigenvalue weighted by molar-refractivity contribution is 0.593. The van der Waals surface area contributed by atoms with Crippen LogP contribution in [0.3, 0.4) is 0 Å². The Hall–Kier alpha value is -0.700. The third kappa shape index (κ3) is 3.41. The Morgan fingerprint density at radius 3 is 2.62 bits per heavy atom. The van der Waals surface area contributed by atoms with Gasteiger partial charge < -0.3 is 5.73 Å². The number of hydrogen-bond donors (Lipinski definition) is 3. The summed E-state index contributed by atoms with van der Waals surface area (Å²) >= 11 is 8.09. The fraction of sp³-hybridized carbons (Fsp3) is 0.125. The molecule has 1 aromatic rings. The molecule has 0 atom stereocenters. The number of benzene rings is 1. The average molecular weight is 324 g/mol. The van der Waals surface area contributed by atoms with Gasteiger partial charge in [-0.15, -0.1) is 0 Å². The van der Waals surface area contributed by atoms with Crippen LogP contribution < -0.4 is 15.2 Å². The summed E-state index contributed by atoms with van der Waals surface area (Å²) in [4.78, 5) is 0.120. The van der Waals surface area contributed by atoms with E-state index < -0.39 is 10.2 Å². The van der Waals surface area contributed by atoms with Crippen LogP contribution in [0.4, 0.5) is 5.69 Å². The van der Waals surface area contributed by atoms with E-state index in [1.165, 1.54) is 7.05 Å². The Morgan fingerprint density at radius 1 is 1.50 bits per heavy atom. The summed E-state index contributed by atoms with van der Waals surface area (Å²) in [7, 11) is -2.26.